The van der Waals surface area contributed by atoms with Crippen molar-refractivity contribution in [3.8, 4) is 0 Å². The van der Waals surface area contributed by atoms with Crippen LogP contribution in [0.3, 0.4) is 0 Å². The summed E-state index contributed by atoms with van der Waals surface area (Å²) in [5.74, 6) is -0.862. The van der Waals surface area contributed by atoms with Gasteiger partial charge in [0, 0.05) is 10.3 Å². The Kier molecular flexibility index (Phi) is 3.97. The van der Waals surface area contributed by atoms with Gasteiger partial charge in [0.15, 0.2) is 5.69 Å². The highest BCUT2D eigenvalue weighted by Gasteiger charge is 2.23. The van der Waals surface area contributed by atoms with E-state index in [-0.39, 0.29) is 15.8 Å². The van der Waals surface area contributed by atoms with E-state index in [0.29, 0.717) is 5.69 Å². The monoisotopic (exact) mass is 318 g/mol. The third-order valence-corrected chi connectivity index (χ3v) is 6.08. The minimum Gasteiger partial charge on any atom is -0.464 e. The van der Waals surface area contributed by atoms with E-state index in [9.17, 15) is 13.2 Å². The van der Waals surface area contributed by atoms with Gasteiger partial charge >= 0.3 is 5.97 Å². The minimum atomic E-state index is -3.58. The molecule has 2 aromatic heterocycles. The molecule has 0 aliphatic rings. The van der Waals surface area contributed by atoms with Crippen molar-refractivity contribution in [2.75, 3.05) is 7.11 Å². The molecule has 0 aromatic carbocycles. The molecule has 9 heteroatoms. The van der Waals surface area contributed by atoms with Crippen LogP contribution in [0.15, 0.2) is 15.2 Å². The van der Waals surface area contributed by atoms with Crippen molar-refractivity contribution in [1.82, 2.24) is 9.97 Å². The van der Waals surface area contributed by atoms with Crippen LogP contribution in [0.25, 0.3) is 0 Å². The number of esters is 1. The van der Waals surface area contributed by atoms with E-state index in [0.717, 1.165) is 16.2 Å². The van der Waals surface area contributed by atoms with Crippen molar-refractivity contribution in [3.63, 3.8) is 0 Å². The summed E-state index contributed by atoms with van der Waals surface area (Å²) < 4.78 is 28.7. The maximum Gasteiger partial charge on any atom is 0.357 e. The zero-order chi connectivity index (χ0) is 14.0. The first-order valence-corrected chi connectivity index (χ1v) is 8.51. The number of rotatable bonds is 4. The number of carbonyl (C=O) groups is 1. The molecule has 0 bridgehead atoms. The predicted octanol–water partition coefficient (Wildman–Crippen LogP) is 1.67. The van der Waals surface area contributed by atoms with Gasteiger partial charge in [-0.2, -0.15) is 0 Å². The van der Waals surface area contributed by atoms with Gasteiger partial charge in [0.25, 0.3) is 0 Å². The molecule has 0 fully saturated rings. The fourth-order valence-electron chi connectivity index (χ4n) is 1.31. The molecule has 0 saturated heterocycles. The van der Waals surface area contributed by atoms with Crippen LogP contribution >= 0.6 is 22.7 Å². The fraction of sp³-hybridized carbons (Fsp3) is 0.300. The highest BCUT2D eigenvalue weighted by molar-refractivity contribution is 7.92. The Balaban J connectivity index is 2.27. The standard InChI is InChI=1S/C10H10N2O4S3/c1-6-8(11-5-18-6)4-19(14,15)10-12-7(3-17-10)9(13)16-2/h3,5H,4H2,1-2H3. The molecule has 2 aromatic rings. The summed E-state index contributed by atoms with van der Waals surface area (Å²) in [5.41, 5.74) is 2.11. The molecule has 0 N–H and O–H groups in total. The molecule has 0 atom stereocenters. The number of nitrogens with zero attached hydrogens (tertiary/aromatic N) is 2. The molecule has 0 aliphatic carbocycles. The first-order chi connectivity index (χ1) is 8.94. The normalized spacial score (nSPS) is 11.5. The van der Waals surface area contributed by atoms with Crippen molar-refractivity contribution in [3.05, 3.63) is 27.2 Å². The molecule has 19 heavy (non-hydrogen) atoms. The average Bonchev–Trinajstić information content (AvgIpc) is 2.98. The number of carbonyl (C=O) groups excluding carboxylic acids is 1. The highest BCUT2D eigenvalue weighted by atomic mass is 32.2. The molecule has 2 heterocycles. The summed E-state index contributed by atoms with van der Waals surface area (Å²) in [4.78, 5) is 19.9. The predicted molar refractivity (Wildman–Crippen MR) is 71.2 cm³/mol. The fourth-order valence-corrected chi connectivity index (χ4v) is 4.43. The molecule has 0 spiro atoms. The smallest absolute Gasteiger partial charge is 0.357 e. The van der Waals surface area contributed by atoms with Gasteiger partial charge in [0.2, 0.25) is 14.2 Å². The second-order valence-corrected chi connectivity index (χ2v) is 7.68. The lowest BCUT2D eigenvalue weighted by Gasteiger charge is -1.99. The molecule has 2 rings (SSSR count). The average molecular weight is 318 g/mol. The van der Waals surface area contributed by atoms with Crippen LogP contribution in [-0.4, -0.2) is 31.5 Å². The summed E-state index contributed by atoms with van der Waals surface area (Å²) in [6.45, 7) is 1.81. The number of aromatic nitrogens is 2. The third-order valence-electron chi connectivity index (χ3n) is 2.31. The first kappa shape index (κ1) is 14.1. The van der Waals surface area contributed by atoms with Gasteiger partial charge < -0.3 is 4.74 Å². The SMILES string of the molecule is COC(=O)c1csc(S(=O)(=O)Cc2ncsc2C)n1. The second-order valence-electron chi connectivity index (χ2n) is 3.60. The van der Waals surface area contributed by atoms with Gasteiger partial charge in [-0.1, -0.05) is 0 Å². The quantitative estimate of drug-likeness (QED) is 0.797. The van der Waals surface area contributed by atoms with Crippen LogP contribution in [0.1, 0.15) is 21.1 Å². The summed E-state index contributed by atoms with van der Waals surface area (Å²) in [5, 5.41) is 1.37. The van der Waals surface area contributed by atoms with Gasteiger partial charge in [-0.05, 0) is 6.92 Å². The Hall–Kier alpha value is -1.32. The largest absolute Gasteiger partial charge is 0.464 e. The molecule has 0 saturated carbocycles. The number of ether oxygens (including phenoxy) is 1. The molecule has 0 unspecified atom stereocenters. The molecular weight excluding hydrogens is 308 g/mol. The second kappa shape index (κ2) is 5.35. The molecular formula is C10H10N2O4S3. The van der Waals surface area contributed by atoms with Crippen LogP contribution in [0.5, 0.6) is 0 Å². The van der Waals surface area contributed by atoms with Crippen LogP contribution in [0.2, 0.25) is 0 Å². The number of methoxy groups -OCH3 is 1. The Labute approximate surface area is 118 Å². The number of thiazole rings is 2. The molecule has 0 amide bonds. The zero-order valence-corrected chi connectivity index (χ0v) is 12.6. The van der Waals surface area contributed by atoms with Crippen molar-refractivity contribution >= 4 is 38.5 Å². The summed E-state index contributed by atoms with van der Waals surface area (Å²) >= 11 is 2.29. The Morgan fingerprint density at radius 2 is 2.16 bits per heavy atom. The van der Waals surface area contributed by atoms with Gasteiger partial charge in [-0.25, -0.2) is 23.2 Å². The third kappa shape index (κ3) is 2.99. The Morgan fingerprint density at radius 1 is 1.42 bits per heavy atom. The molecule has 102 valence electrons. The molecule has 6 nitrogen and oxygen atoms in total. The summed E-state index contributed by atoms with van der Waals surface area (Å²) in [6.07, 6.45) is 0. The topological polar surface area (TPSA) is 86.2 Å². The highest BCUT2D eigenvalue weighted by Crippen LogP contribution is 2.22. The van der Waals surface area contributed by atoms with Gasteiger partial charge in [0.05, 0.1) is 18.3 Å². The lowest BCUT2D eigenvalue weighted by molar-refractivity contribution is 0.0594. The van der Waals surface area contributed by atoms with Crippen LogP contribution < -0.4 is 0 Å². The van der Waals surface area contributed by atoms with Crippen LogP contribution in [0, 0.1) is 6.92 Å². The maximum atomic E-state index is 12.1. The number of hydrogen-bond donors (Lipinski definition) is 0. The van der Waals surface area contributed by atoms with E-state index in [1.54, 1.807) is 5.51 Å². The van der Waals surface area contributed by atoms with E-state index in [1.165, 1.54) is 23.8 Å². The summed E-state index contributed by atoms with van der Waals surface area (Å²) in [7, 11) is -2.37. The van der Waals surface area contributed by atoms with Crippen LogP contribution in [0.4, 0.5) is 0 Å². The van der Waals surface area contributed by atoms with Crippen molar-refractivity contribution < 1.29 is 17.9 Å². The van der Waals surface area contributed by atoms with Crippen molar-refractivity contribution in [2.45, 2.75) is 17.0 Å². The first-order valence-electron chi connectivity index (χ1n) is 5.09. The number of hydrogen-bond acceptors (Lipinski definition) is 8. The number of sulfone groups is 1. The summed E-state index contributed by atoms with van der Waals surface area (Å²) in [6, 6.07) is 0. The zero-order valence-electron chi connectivity index (χ0n) is 10.1. The van der Waals surface area contributed by atoms with Crippen LogP contribution in [-0.2, 0) is 20.3 Å². The van der Waals surface area contributed by atoms with Gasteiger partial charge in [-0.15, -0.1) is 22.7 Å². The minimum absolute atomic E-state index is 0.000995. The lowest BCUT2D eigenvalue weighted by Crippen LogP contribution is -2.07. The Bertz CT molecular complexity index is 702. The van der Waals surface area contributed by atoms with E-state index in [4.69, 9.17) is 0 Å². The van der Waals surface area contributed by atoms with E-state index >= 15 is 0 Å². The maximum absolute atomic E-state index is 12.1. The van der Waals surface area contributed by atoms with E-state index < -0.39 is 15.8 Å². The lowest BCUT2D eigenvalue weighted by atomic mass is 10.4. The number of aryl methyl sites for hydroxylation is 1. The van der Waals surface area contributed by atoms with E-state index in [1.807, 2.05) is 6.92 Å². The molecule has 0 aliphatic heterocycles. The Morgan fingerprint density at radius 3 is 2.74 bits per heavy atom. The van der Waals surface area contributed by atoms with E-state index in [2.05, 4.69) is 14.7 Å². The van der Waals surface area contributed by atoms with Gasteiger partial charge in [-0.3, -0.25) is 0 Å². The van der Waals surface area contributed by atoms with Gasteiger partial charge in [0.1, 0.15) is 5.75 Å². The molecule has 0 radical (unpaired) electrons. The van der Waals surface area contributed by atoms with Crippen molar-refractivity contribution in [2.24, 2.45) is 0 Å². The van der Waals surface area contributed by atoms with Crippen molar-refractivity contribution in [1.29, 1.82) is 0 Å².